The van der Waals surface area contributed by atoms with Gasteiger partial charge in [-0.15, -0.1) is 11.3 Å². The molecule has 1 aromatic heterocycles. The van der Waals surface area contributed by atoms with Crippen molar-refractivity contribution in [2.75, 3.05) is 40.0 Å². The smallest absolute Gasteiger partial charge is 0.337 e. The van der Waals surface area contributed by atoms with Gasteiger partial charge in [0.2, 0.25) is 5.91 Å². The molecule has 0 bridgehead atoms. The number of methoxy groups -OCH3 is 1. The highest BCUT2D eigenvalue weighted by molar-refractivity contribution is 7.07. The number of esters is 2. The molecule has 2 aromatic rings. The van der Waals surface area contributed by atoms with Crippen LogP contribution in [0.25, 0.3) is 12.2 Å². The van der Waals surface area contributed by atoms with Crippen LogP contribution in [0.4, 0.5) is 0 Å². The number of hydrogen-bond acceptors (Lipinski definition) is 8. The maximum absolute atomic E-state index is 13.1. The van der Waals surface area contributed by atoms with Gasteiger partial charge in [0, 0.05) is 13.1 Å². The van der Waals surface area contributed by atoms with Crippen molar-refractivity contribution in [2.45, 2.75) is 13.5 Å². The highest BCUT2D eigenvalue weighted by Crippen LogP contribution is 2.06. The number of rotatable bonds is 6. The number of morpholine rings is 1. The fraction of sp³-hybridized carbons (Fsp3) is 0.364. The average molecular weight is 461 g/mol. The van der Waals surface area contributed by atoms with Crippen molar-refractivity contribution in [3.63, 3.8) is 0 Å². The van der Waals surface area contributed by atoms with Crippen molar-refractivity contribution in [2.24, 2.45) is 0 Å². The van der Waals surface area contributed by atoms with Gasteiger partial charge in [0.05, 0.1) is 43.1 Å². The molecule has 1 aliphatic heterocycles. The minimum atomic E-state index is -0.588. The normalized spacial score (nSPS) is 15.0. The molecule has 0 saturated carbocycles. The molecule has 0 spiro atoms. The second kappa shape index (κ2) is 10.9. The molecule has 0 aliphatic carbocycles. The van der Waals surface area contributed by atoms with Crippen molar-refractivity contribution >= 4 is 41.3 Å². The maximum atomic E-state index is 13.1. The van der Waals surface area contributed by atoms with Crippen molar-refractivity contribution in [3.05, 3.63) is 54.9 Å². The van der Waals surface area contributed by atoms with E-state index in [4.69, 9.17) is 9.47 Å². The monoisotopic (exact) mass is 460 g/mol. The maximum Gasteiger partial charge on any atom is 0.337 e. The Bertz CT molecular complexity index is 1160. The summed E-state index contributed by atoms with van der Waals surface area (Å²) in [5.41, 5.74) is 0.690. The predicted molar refractivity (Wildman–Crippen MR) is 118 cm³/mol. The summed E-state index contributed by atoms with van der Waals surface area (Å²) in [7, 11) is 1.30. The molecular weight excluding hydrogens is 436 g/mol. The molecule has 1 saturated heterocycles. The van der Waals surface area contributed by atoms with Gasteiger partial charge in [-0.05, 0) is 30.7 Å². The van der Waals surface area contributed by atoms with E-state index in [0.717, 1.165) is 11.3 Å². The Morgan fingerprint density at radius 3 is 2.47 bits per heavy atom. The predicted octanol–water partition coefficient (Wildman–Crippen LogP) is -0.272. The molecule has 1 aliphatic rings. The first-order valence-corrected chi connectivity index (χ1v) is 10.9. The largest absolute Gasteiger partial charge is 0.465 e. The molecule has 170 valence electrons. The highest BCUT2D eigenvalue weighted by Gasteiger charge is 2.19. The highest BCUT2D eigenvalue weighted by atomic mass is 32.1. The third kappa shape index (κ3) is 5.71. The third-order valence-corrected chi connectivity index (χ3v) is 5.81. The Balaban J connectivity index is 1.99. The molecule has 10 heteroatoms. The van der Waals surface area contributed by atoms with Crippen molar-refractivity contribution in [1.82, 2.24) is 9.47 Å². The van der Waals surface area contributed by atoms with Crippen molar-refractivity contribution in [1.29, 1.82) is 0 Å². The van der Waals surface area contributed by atoms with Crippen LogP contribution >= 0.6 is 11.3 Å². The van der Waals surface area contributed by atoms with Gasteiger partial charge in [-0.2, -0.15) is 0 Å². The number of ether oxygens (including phenoxy) is 3. The van der Waals surface area contributed by atoms with Crippen LogP contribution in [0.2, 0.25) is 0 Å². The Labute approximate surface area is 188 Å². The molecule has 0 unspecified atom stereocenters. The van der Waals surface area contributed by atoms with Gasteiger partial charge in [0.1, 0.15) is 11.2 Å². The summed E-state index contributed by atoms with van der Waals surface area (Å²) in [4.78, 5) is 51.0. The second-order valence-corrected chi connectivity index (χ2v) is 7.91. The molecule has 9 nitrogen and oxygen atoms in total. The lowest BCUT2D eigenvalue weighted by atomic mass is 10.1. The summed E-state index contributed by atoms with van der Waals surface area (Å²) < 4.78 is 16.9. The zero-order chi connectivity index (χ0) is 23.1. The average Bonchev–Trinajstić information content (AvgIpc) is 3.08. The van der Waals surface area contributed by atoms with E-state index in [1.165, 1.54) is 17.8 Å². The molecule has 3 rings (SSSR count). The van der Waals surface area contributed by atoms with Crippen LogP contribution in [-0.4, -0.2) is 67.3 Å². The molecule has 1 amide bonds. The van der Waals surface area contributed by atoms with Gasteiger partial charge >= 0.3 is 11.9 Å². The zero-order valence-electron chi connectivity index (χ0n) is 17.9. The minimum Gasteiger partial charge on any atom is -0.465 e. The van der Waals surface area contributed by atoms with E-state index < -0.39 is 11.9 Å². The Hall–Kier alpha value is -3.24. The van der Waals surface area contributed by atoms with Gasteiger partial charge in [0.15, 0.2) is 0 Å². The second-order valence-electron chi connectivity index (χ2n) is 6.84. The van der Waals surface area contributed by atoms with Gasteiger partial charge in [-0.3, -0.25) is 14.2 Å². The molecule has 1 aromatic carbocycles. The van der Waals surface area contributed by atoms with E-state index in [2.05, 4.69) is 4.74 Å². The first-order chi connectivity index (χ1) is 15.4. The fourth-order valence-electron chi connectivity index (χ4n) is 3.11. The summed E-state index contributed by atoms with van der Waals surface area (Å²) in [6.45, 7) is 3.52. The summed E-state index contributed by atoms with van der Waals surface area (Å²) in [6, 6.07) is 6.56. The quantitative estimate of drug-likeness (QED) is 0.547. The van der Waals surface area contributed by atoms with Crippen molar-refractivity contribution < 1.29 is 28.6 Å². The van der Waals surface area contributed by atoms with Crippen LogP contribution in [-0.2, 0) is 30.3 Å². The molecule has 1 fully saturated rings. The van der Waals surface area contributed by atoms with Gasteiger partial charge in [-0.1, -0.05) is 12.1 Å². The fourth-order valence-corrected chi connectivity index (χ4v) is 4.14. The zero-order valence-corrected chi connectivity index (χ0v) is 18.7. The van der Waals surface area contributed by atoms with Gasteiger partial charge < -0.3 is 19.1 Å². The first-order valence-electron chi connectivity index (χ1n) is 10.1. The Kier molecular flexibility index (Phi) is 7.96. The summed E-state index contributed by atoms with van der Waals surface area (Å²) >= 11 is 1.09. The van der Waals surface area contributed by atoms with E-state index in [9.17, 15) is 19.2 Å². The van der Waals surface area contributed by atoms with Crippen LogP contribution < -0.4 is 14.8 Å². The summed E-state index contributed by atoms with van der Waals surface area (Å²) in [5, 5.41) is 0. The minimum absolute atomic E-state index is 0.185. The summed E-state index contributed by atoms with van der Waals surface area (Å²) in [6.07, 6.45) is 2.87. The lowest BCUT2D eigenvalue weighted by Crippen LogP contribution is -2.45. The van der Waals surface area contributed by atoms with Gasteiger partial charge in [0.25, 0.3) is 5.56 Å². The van der Waals surface area contributed by atoms with E-state index in [1.807, 2.05) is 0 Å². The number of thiazole rings is 1. The molecule has 0 radical (unpaired) electrons. The Morgan fingerprint density at radius 2 is 1.84 bits per heavy atom. The number of hydrogen-bond donors (Lipinski definition) is 0. The number of benzene rings is 1. The number of aromatic nitrogens is 1. The van der Waals surface area contributed by atoms with Crippen LogP contribution in [0.5, 0.6) is 0 Å². The van der Waals surface area contributed by atoms with E-state index in [-0.39, 0.29) is 24.6 Å². The Morgan fingerprint density at radius 1 is 1.16 bits per heavy atom. The van der Waals surface area contributed by atoms with E-state index >= 15 is 0 Å². The first kappa shape index (κ1) is 23.4. The number of amides is 1. The van der Waals surface area contributed by atoms with Crippen LogP contribution in [0.1, 0.15) is 22.8 Å². The molecular formula is C22H24N2O7S. The number of nitrogens with zero attached hydrogens (tertiary/aromatic N) is 2. The molecule has 2 heterocycles. The lowest BCUT2D eigenvalue weighted by Gasteiger charge is -2.26. The lowest BCUT2D eigenvalue weighted by molar-refractivity contribution is -0.136. The van der Waals surface area contributed by atoms with Gasteiger partial charge in [-0.25, -0.2) is 9.59 Å². The topological polar surface area (TPSA) is 104 Å². The molecule has 32 heavy (non-hydrogen) atoms. The molecule has 0 atom stereocenters. The van der Waals surface area contributed by atoms with E-state index in [1.54, 1.807) is 42.2 Å². The van der Waals surface area contributed by atoms with Crippen molar-refractivity contribution in [3.8, 4) is 0 Å². The SMILES string of the molecule is CCOC(=O)C=c1sc(=Cc2ccc(C(=O)OC)cc2)c(=O)n1CC(=O)N1CCOCC1. The van der Waals surface area contributed by atoms with Crippen LogP contribution in [0.15, 0.2) is 29.1 Å². The van der Waals surface area contributed by atoms with Crippen LogP contribution in [0, 0.1) is 0 Å². The number of carbonyl (C=O) groups is 3. The van der Waals surface area contributed by atoms with Crippen LogP contribution in [0.3, 0.4) is 0 Å². The summed E-state index contributed by atoms with van der Waals surface area (Å²) in [5.74, 6) is -1.26. The number of carbonyl (C=O) groups excluding carboxylic acids is 3. The standard InChI is InChI=1S/C22H24N2O7S/c1-3-31-20(26)13-19-24(14-18(25)23-8-10-30-11-9-23)21(27)17(32-19)12-15-4-6-16(7-5-15)22(28)29-2/h4-7,12-13H,3,8-11,14H2,1-2H3. The third-order valence-electron chi connectivity index (χ3n) is 4.75. The molecule has 0 N–H and O–H groups in total. The van der Waals surface area contributed by atoms with E-state index in [0.29, 0.717) is 46.6 Å².